The molecule has 1 N–H and O–H groups in total. The maximum atomic E-state index is 13.8. The van der Waals surface area contributed by atoms with E-state index >= 15 is 0 Å². The van der Waals surface area contributed by atoms with Crippen molar-refractivity contribution in [2.24, 2.45) is 0 Å². The number of hydrogen-bond donors (Lipinski definition) is 1. The normalized spacial score (nSPS) is 16.9. The van der Waals surface area contributed by atoms with Crippen molar-refractivity contribution in [1.82, 2.24) is 4.90 Å². The number of aryl methyl sites for hydroxylation is 1. The van der Waals surface area contributed by atoms with Gasteiger partial charge in [0.1, 0.15) is 12.4 Å². The fraction of sp³-hybridized carbons (Fsp3) is 0.290. The summed E-state index contributed by atoms with van der Waals surface area (Å²) in [6.07, 6.45) is 0. The summed E-state index contributed by atoms with van der Waals surface area (Å²) in [5, 5.41) is 14.3. The number of benzene rings is 3. The van der Waals surface area contributed by atoms with Crippen LogP contribution in [0.1, 0.15) is 42.1 Å². The van der Waals surface area contributed by atoms with Gasteiger partial charge in [-0.3, -0.25) is 9.59 Å². The van der Waals surface area contributed by atoms with Crippen molar-refractivity contribution in [3.05, 3.63) is 106 Å². The number of likely N-dealkylation sites (tertiary alicyclic amines) is 1. The minimum atomic E-state index is -0.760. The Kier molecular flexibility index (Phi) is 8.87. The molecule has 38 heavy (non-hydrogen) atoms. The molecule has 0 aromatic heterocycles. The van der Waals surface area contributed by atoms with Gasteiger partial charge >= 0.3 is 0 Å². The monoisotopic (exact) mass is 532 g/mol. The van der Waals surface area contributed by atoms with Crippen molar-refractivity contribution in [2.75, 3.05) is 26.2 Å². The van der Waals surface area contributed by atoms with E-state index in [4.69, 9.17) is 16.3 Å². The molecule has 1 amide bonds. The van der Waals surface area contributed by atoms with Crippen LogP contribution in [0.15, 0.2) is 78.4 Å². The Balaban J connectivity index is 1.68. The Bertz CT molecular complexity index is 1320. The predicted octanol–water partition coefficient (Wildman–Crippen LogP) is 3.38. The molecule has 198 valence electrons. The van der Waals surface area contributed by atoms with E-state index in [0.717, 1.165) is 24.2 Å². The van der Waals surface area contributed by atoms with Gasteiger partial charge < -0.3 is 19.6 Å². The molecule has 3 aromatic carbocycles. The van der Waals surface area contributed by atoms with E-state index < -0.39 is 23.5 Å². The maximum Gasteiger partial charge on any atom is 0.295 e. The summed E-state index contributed by atoms with van der Waals surface area (Å²) in [5.74, 6) is -1.17. The molecular weight excluding hydrogens is 500 g/mol. The van der Waals surface area contributed by atoms with Crippen LogP contribution in [0, 0.1) is 6.92 Å². The van der Waals surface area contributed by atoms with Crippen LogP contribution in [0.4, 0.5) is 0 Å². The number of nitrogens with one attached hydrogen (secondary N) is 1. The van der Waals surface area contributed by atoms with Gasteiger partial charge in [0.15, 0.2) is 0 Å². The molecule has 1 atom stereocenters. The summed E-state index contributed by atoms with van der Waals surface area (Å²) in [5.41, 5.74) is 2.82. The molecule has 1 heterocycles. The number of ether oxygens (including phenoxy) is 1. The predicted molar refractivity (Wildman–Crippen MR) is 147 cm³/mol. The van der Waals surface area contributed by atoms with Gasteiger partial charge in [0.25, 0.3) is 5.91 Å². The number of ketones is 1. The SMILES string of the molecule is CC[NH+](CC)CCN1C(=O)C(=O)C(=C([O-])c2ccc(OCc3ccccc3)c(C)c2)C1c1ccc(Cl)cc1. The average molecular weight is 533 g/mol. The van der Waals surface area contributed by atoms with Gasteiger partial charge in [-0.2, -0.15) is 0 Å². The molecule has 0 aliphatic carbocycles. The Hall–Kier alpha value is -3.61. The van der Waals surface area contributed by atoms with E-state index in [2.05, 4.69) is 13.8 Å². The number of rotatable bonds is 10. The van der Waals surface area contributed by atoms with Crippen molar-refractivity contribution in [2.45, 2.75) is 33.4 Å². The topological polar surface area (TPSA) is 74.1 Å². The lowest BCUT2D eigenvalue weighted by molar-refractivity contribution is -0.895. The zero-order valence-corrected chi connectivity index (χ0v) is 22.8. The molecule has 0 bridgehead atoms. The Labute approximate surface area is 229 Å². The highest BCUT2D eigenvalue weighted by molar-refractivity contribution is 6.46. The molecule has 1 aliphatic heterocycles. The number of likely N-dealkylation sites (N-methyl/N-ethyl adjacent to an activating group) is 1. The van der Waals surface area contributed by atoms with E-state index in [-0.39, 0.29) is 5.57 Å². The van der Waals surface area contributed by atoms with Gasteiger partial charge in [-0.1, -0.05) is 65.9 Å². The first-order chi connectivity index (χ1) is 18.3. The lowest BCUT2D eigenvalue weighted by Gasteiger charge is -2.28. The van der Waals surface area contributed by atoms with Gasteiger partial charge in [0.2, 0.25) is 5.78 Å². The Morgan fingerprint density at radius 1 is 1.00 bits per heavy atom. The number of quaternary nitrogens is 1. The fourth-order valence-electron chi connectivity index (χ4n) is 4.82. The van der Waals surface area contributed by atoms with Gasteiger partial charge in [0.05, 0.1) is 32.2 Å². The fourth-order valence-corrected chi connectivity index (χ4v) is 4.94. The maximum absolute atomic E-state index is 13.8. The summed E-state index contributed by atoms with van der Waals surface area (Å²) in [7, 11) is 0. The zero-order valence-electron chi connectivity index (χ0n) is 22.0. The van der Waals surface area contributed by atoms with Gasteiger partial charge in [0, 0.05) is 10.6 Å². The van der Waals surface area contributed by atoms with Crippen molar-refractivity contribution in [3.8, 4) is 5.75 Å². The number of carbonyl (C=O) groups is 2. The van der Waals surface area contributed by atoms with Crippen LogP contribution < -0.4 is 14.7 Å². The second-order valence-electron chi connectivity index (χ2n) is 9.49. The van der Waals surface area contributed by atoms with Gasteiger partial charge in [-0.15, -0.1) is 0 Å². The number of hydrogen-bond acceptors (Lipinski definition) is 4. The van der Waals surface area contributed by atoms with E-state index in [1.54, 1.807) is 42.5 Å². The first-order valence-electron chi connectivity index (χ1n) is 13.0. The minimum Gasteiger partial charge on any atom is -0.872 e. The molecule has 1 fully saturated rings. The molecule has 1 unspecified atom stereocenters. The molecule has 3 aromatic rings. The van der Waals surface area contributed by atoms with Crippen LogP contribution in [-0.2, 0) is 16.2 Å². The molecule has 6 nitrogen and oxygen atoms in total. The first-order valence-corrected chi connectivity index (χ1v) is 13.3. The summed E-state index contributed by atoms with van der Waals surface area (Å²) in [4.78, 5) is 29.3. The van der Waals surface area contributed by atoms with Crippen molar-refractivity contribution >= 4 is 29.1 Å². The summed E-state index contributed by atoms with van der Waals surface area (Å²) >= 11 is 6.11. The molecule has 1 aliphatic rings. The average Bonchev–Trinajstić information content (AvgIpc) is 3.18. The zero-order chi connectivity index (χ0) is 27.2. The lowest BCUT2D eigenvalue weighted by atomic mass is 9.95. The third-order valence-electron chi connectivity index (χ3n) is 7.10. The quantitative estimate of drug-likeness (QED) is 0.247. The Morgan fingerprint density at radius 3 is 2.32 bits per heavy atom. The van der Waals surface area contributed by atoms with Crippen LogP contribution in [0.25, 0.3) is 5.76 Å². The van der Waals surface area contributed by atoms with Crippen molar-refractivity contribution < 1.29 is 24.3 Å². The number of amides is 1. The molecule has 0 saturated carbocycles. The van der Waals surface area contributed by atoms with Crippen LogP contribution in [0.5, 0.6) is 5.75 Å². The first kappa shape index (κ1) is 27.4. The third kappa shape index (κ3) is 5.93. The van der Waals surface area contributed by atoms with Crippen molar-refractivity contribution in [3.63, 3.8) is 0 Å². The van der Waals surface area contributed by atoms with Gasteiger partial charge in [-0.05, 0) is 67.3 Å². The third-order valence-corrected chi connectivity index (χ3v) is 7.35. The molecule has 7 heteroatoms. The second-order valence-corrected chi connectivity index (χ2v) is 9.92. The summed E-state index contributed by atoms with van der Waals surface area (Å²) in [6.45, 7) is 9.31. The summed E-state index contributed by atoms with van der Waals surface area (Å²) < 4.78 is 5.95. The second kappa shape index (κ2) is 12.3. The van der Waals surface area contributed by atoms with E-state index in [0.29, 0.717) is 41.6 Å². The van der Waals surface area contributed by atoms with Crippen molar-refractivity contribution in [1.29, 1.82) is 0 Å². The van der Waals surface area contributed by atoms with Gasteiger partial charge in [-0.25, -0.2) is 0 Å². The highest BCUT2D eigenvalue weighted by Gasteiger charge is 2.44. The van der Waals surface area contributed by atoms with Crippen LogP contribution in [0.3, 0.4) is 0 Å². The lowest BCUT2D eigenvalue weighted by Crippen LogP contribution is -3.12. The molecule has 1 saturated heterocycles. The molecular formula is C31H33ClN2O4. The van der Waals surface area contributed by atoms with Crippen LogP contribution in [-0.4, -0.2) is 42.8 Å². The van der Waals surface area contributed by atoms with E-state index in [9.17, 15) is 14.7 Å². The number of carbonyl (C=O) groups excluding carboxylic acids is 2. The summed E-state index contributed by atoms with van der Waals surface area (Å²) in [6, 6.07) is 21.1. The highest BCUT2D eigenvalue weighted by atomic mass is 35.5. The Morgan fingerprint density at radius 2 is 1.68 bits per heavy atom. The van der Waals surface area contributed by atoms with E-state index in [1.807, 2.05) is 37.3 Å². The number of Topliss-reactive ketones (excluding diaryl/α,β-unsaturated/α-hetero) is 1. The highest BCUT2D eigenvalue weighted by Crippen LogP contribution is 2.39. The van der Waals surface area contributed by atoms with Crippen LogP contribution in [0.2, 0.25) is 5.02 Å². The van der Waals surface area contributed by atoms with Crippen LogP contribution >= 0.6 is 11.6 Å². The van der Waals surface area contributed by atoms with E-state index in [1.165, 1.54) is 9.80 Å². The smallest absolute Gasteiger partial charge is 0.295 e. The molecule has 4 rings (SSSR count). The number of halogens is 1. The largest absolute Gasteiger partial charge is 0.872 e. The number of nitrogens with zero attached hydrogens (tertiary/aromatic N) is 1. The molecule has 0 spiro atoms. The standard InChI is InChI=1S/C31H33ClN2O4/c1-4-33(5-2)17-18-34-28(23-11-14-25(32)15-12-23)27(30(36)31(34)37)29(35)24-13-16-26(21(3)19-24)38-20-22-9-7-6-8-10-22/h6-16,19,28,35H,4-5,17-18,20H2,1-3H3. The molecule has 0 radical (unpaired) electrons. The minimum absolute atomic E-state index is 0.0239.